The Labute approximate surface area is 129 Å². The summed E-state index contributed by atoms with van der Waals surface area (Å²) in [5, 5.41) is 11.5. The smallest absolute Gasteiger partial charge is 0.253 e. The Morgan fingerprint density at radius 3 is 2.73 bits per heavy atom. The summed E-state index contributed by atoms with van der Waals surface area (Å²) in [4.78, 5) is 26.1. The number of nitrogens with zero attached hydrogens (tertiary/aromatic N) is 1. The van der Waals surface area contributed by atoms with Crippen LogP contribution in [-0.4, -0.2) is 48.1 Å². The Morgan fingerprint density at radius 1 is 1.32 bits per heavy atom. The molecule has 1 unspecified atom stereocenters. The molecule has 1 atom stereocenters. The number of aliphatic hydroxyl groups excluding tert-OH is 1. The molecule has 6 heteroatoms. The van der Waals surface area contributed by atoms with Gasteiger partial charge in [-0.15, -0.1) is 0 Å². The predicted octanol–water partition coefficient (Wildman–Crippen LogP) is 1.18. The van der Waals surface area contributed by atoms with Gasteiger partial charge >= 0.3 is 0 Å². The molecule has 1 aliphatic rings. The topological polar surface area (TPSA) is 69.6 Å². The third-order valence-corrected chi connectivity index (χ3v) is 3.80. The van der Waals surface area contributed by atoms with Crippen molar-refractivity contribution in [2.75, 3.05) is 26.2 Å². The van der Waals surface area contributed by atoms with E-state index in [1.807, 2.05) is 0 Å². The van der Waals surface area contributed by atoms with Crippen molar-refractivity contribution in [3.63, 3.8) is 0 Å². The van der Waals surface area contributed by atoms with Crippen molar-refractivity contribution < 1.29 is 19.1 Å². The molecule has 0 radical (unpaired) electrons. The fourth-order valence-electron chi connectivity index (χ4n) is 2.59. The number of halogens is 1. The summed E-state index contributed by atoms with van der Waals surface area (Å²) in [7, 11) is 0. The summed E-state index contributed by atoms with van der Waals surface area (Å²) in [6, 6.07) is 5.44. The summed E-state index contributed by atoms with van der Waals surface area (Å²) >= 11 is 0. The van der Waals surface area contributed by atoms with Crippen LogP contribution < -0.4 is 5.32 Å². The highest BCUT2D eigenvalue weighted by molar-refractivity contribution is 5.94. The van der Waals surface area contributed by atoms with Crippen LogP contribution in [0.25, 0.3) is 0 Å². The van der Waals surface area contributed by atoms with E-state index < -0.39 is 0 Å². The third-order valence-electron chi connectivity index (χ3n) is 3.80. The third kappa shape index (κ3) is 4.27. The van der Waals surface area contributed by atoms with Crippen LogP contribution in [-0.2, 0) is 4.79 Å². The number of piperidine rings is 1. The van der Waals surface area contributed by atoms with Crippen molar-refractivity contribution in [1.82, 2.24) is 10.2 Å². The highest BCUT2D eigenvalue weighted by atomic mass is 19.1. The molecular weight excluding hydrogens is 287 g/mol. The molecule has 0 spiro atoms. The van der Waals surface area contributed by atoms with Gasteiger partial charge < -0.3 is 15.3 Å². The quantitative estimate of drug-likeness (QED) is 0.803. The van der Waals surface area contributed by atoms with Crippen molar-refractivity contribution >= 4 is 11.8 Å². The van der Waals surface area contributed by atoms with Gasteiger partial charge in [0.25, 0.3) is 5.91 Å². The average molecular weight is 308 g/mol. The summed E-state index contributed by atoms with van der Waals surface area (Å²) < 4.78 is 12.9. The number of rotatable bonds is 5. The van der Waals surface area contributed by atoms with Crippen molar-refractivity contribution in [2.45, 2.75) is 19.3 Å². The molecule has 1 saturated heterocycles. The van der Waals surface area contributed by atoms with Gasteiger partial charge in [-0.05, 0) is 43.5 Å². The van der Waals surface area contributed by atoms with Crippen LogP contribution in [0.15, 0.2) is 24.3 Å². The summed E-state index contributed by atoms with van der Waals surface area (Å²) in [6.45, 7) is 1.47. The molecule has 22 heavy (non-hydrogen) atoms. The molecule has 2 rings (SSSR count). The molecule has 2 N–H and O–H groups in total. The SMILES string of the molecule is O=C(NCCCO)C1CCCN(C(=O)c2ccc(F)cc2)C1. The fourth-order valence-corrected chi connectivity index (χ4v) is 2.59. The lowest BCUT2D eigenvalue weighted by Crippen LogP contribution is -2.45. The highest BCUT2D eigenvalue weighted by Crippen LogP contribution is 2.19. The molecule has 1 fully saturated rings. The van der Waals surface area contributed by atoms with E-state index in [-0.39, 0.29) is 30.2 Å². The highest BCUT2D eigenvalue weighted by Gasteiger charge is 2.28. The van der Waals surface area contributed by atoms with Crippen LogP contribution in [0, 0.1) is 11.7 Å². The van der Waals surface area contributed by atoms with Crippen LogP contribution in [0.5, 0.6) is 0 Å². The van der Waals surface area contributed by atoms with Gasteiger partial charge in [0, 0.05) is 31.8 Å². The van der Waals surface area contributed by atoms with Gasteiger partial charge in [-0.1, -0.05) is 0 Å². The molecule has 0 aromatic heterocycles. The van der Waals surface area contributed by atoms with Crippen molar-refractivity contribution in [1.29, 1.82) is 0 Å². The second-order valence-corrected chi connectivity index (χ2v) is 5.47. The first-order valence-electron chi connectivity index (χ1n) is 7.55. The molecule has 5 nitrogen and oxygen atoms in total. The Balaban J connectivity index is 1.93. The van der Waals surface area contributed by atoms with Crippen molar-refractivity contribution in [2.24, 2.45) is 5.92 Å². The zero-order valence-corrected chi connectivity index (χ0v) is 12.4. The van der Waals surface area contributed by atoms with E-state index in [2.05, 4.69) is 5.32 Å². The van der Waals surface area contributed by atoms with Crippen LogP contribution in [0.3, 0.4) is 0 Å². The number of carbonyl (C=O) groups excluding carboxylic acids is 2. The molecule has 2 amide bonds. The molecule has 1 aliphatic heterocycles. The van der Waals surface area contributed by atoms with E-state index in [1.54, 1.807) is 4.90 Å². The van der Waals surface area contributed by atoms with Crippen molar-refractivity contribution in [3.8, 4) is 0 Å². The van der Waals surface area contributed by atoms with Gasteiger partial charge in [-0.25, -0.2) is 4.39 Å². The number of benzene rings is 1. The van der Waals surface area contributed by atoms with E-state index in [0.717, 1.165) is 12.8 Å². The maximum Gasteiger partial charge on any atom is 0.253 e. The molecular formula is C16H21FN2O3. The lowest BCUT2D eigenvalue weighted by atomic mass is 9.96. The summed E-state index contributed by atoms with van der Waals surface area (Å²) in [6.07, 6.45) is 2.04. The second kappa shape index (κ2) is 7.89. The first kappa shape index (κ1) is 16.4. The fraction of sp³-hybridized carbons (Fsp3) is 0.500. The minimum absolute atomic E-state index is 0.0418. The van der Waals surface area contributed by atoms with Crippen LogP contribution in [0.4, 0.5) is 4.39 Å². The first-order valence-corrected chi connectivity index (χ1v) is 7.55. The number of aliphatic hydroxyl groups is 1. The van der Waals surface area contributed by atoms with Gasteiger partial charge in [0.2, 0.25) is 5.91 Å². The standard InChI is InChI=1S/C16H21FN2O3/c17-14-6-4-12(5-7-14)16(22)19-9-1-3-13(11-19)15(21)18-8-2-10-20/h4-7,13,20H,1-3,8-11H2,(H,18,21). The summed E-state index contributed by atoms with van der Waals surface area (Å²) in [5.41, 5.74) is 0.433. The van der Waals surface area contributed by atoms with Gasteiger partial charge in [0.15, 0.2) is 0 Å². The monoisotopic (exact) mass is 308 g/mol. The Kier molecular flexibility index (Phi) is 5.89. The largest absolute Gasteiger partial charge is 0.396 e. The van der Waals surface area contributed by atoms with Crippen molar-refractivity contribution in [3.05, 3.63) is 35.6 Å². The first-order chi connectivity index (χ1) is 10.6. The lowest BCUT2D eigenvalue weighted by Gasteiger charge is -2.32. The number of amides is 2. The number of likely N-dealkylation sites (tertiary alicyclic amines) is 1. The molecule has 0 saturated carbocycles. The van der Waals surface area contributed by atoms with Gasteiger partial charge in [-0.3, -0.25) is 9.59 Å². The maximum atomic E-state index is 12.9. The Bertz CT molecular complexity index is 519. The molecule has 0 bridgehead atoms. The number of carbonyl (C=O) groups is 2. The van der Waals surface area contributed by atoms with E-state index in [9.17, 15) is 14.0 Å². The predicted molar refractivity (Wildman–Crippen MR) is 79.7 cm³/mol. The average Bonchev–Trinajstić information content (AvgIpc) is 2.55. The van der Waals surface area contributed by atoms with Crippen LogP contribution in [0.2, 0.25) is 0 Å². The van der Waals surface area contributed by atoms with Gasteiger partial charge in [0.1, 0.15) is 5.82 Å². The molecule has 0 aliphatic carbocycles. The lowest BCUT2D eigenvalue weighted by molar-refractivity contribution is -0.126. The minimum atomic E-state index is -0.378. The minimum Gasteiger partial charge on any atom is -0.396 e. The number of hydrogen-bond donors (Lipinski definition) is 2. The molecule has 1 heterocycles. The Morgan fingerprint density at radius 2 is 2.05 bits per heavy atom. The van der Waals surface area contributed by atoms with E-state index in [4.69, 9.17) is 5.11 Å². The van der Waals surface area contributed by atoms with Gasteiger partial charge in [-0.2, -0.15) is 0 Å². The zero-order valence-electron chi connectivity index (χ0n) is 12.4. The molecule has 120 valence electrons. The van der Waals surface area contributed by atoms with Crippen LogP contribution >= 0.6 is 0 Å². The normalized spacial score (nSPS) is 18.1. The second-order valence-electron chi connectivity index (χ2n) is 5.47. The molecule has 1 aromatic rings. The summed E-state index contributed by atoms with van der Waals surface area (Å²) in [5.74, 6) is -0.855. The van der Waals surface area contributed by atoms with E-state index in [0.29, 0.717) is 31.6 Å². The Hall–Kier alpha value is -1.95. The number of nitrogens with one attached hydrogen (secondary N) is 1. The van der Waals surface area contributed by atoms with Gasteiger partial charge in [0.05, 0.1) is 5.92 Å². The maximum absolute atomic E-state index is 12.9. The van der Waals surface area contributed by atoms with Crippen LogP contribution in [0.1, 0.15) is 29.6 Å². The zero-order chi connectivity index (χ0) is 15.9. The number of hydrogen-bond acceptors (Lipinski definition) is 3. The molecule has 1 aromatic carbocycles. The van der Waals surface area contributed by atoms with E-state index in [1.165, 1.54) is 24.3 Å². The van der Waals surface area contributed by atoms with E-state index >= 15 is 0 Å².